The molecule has 1 saturated carbocycles. The molecule has 1 N–H and O–H groups in total. The molecule has 2 heteroatoms. The summed E-state index contributed by atoms with van der Waals surface area (Å²) in [5.74, 6) is 2.54. The predicted molar refractivity (Wildman–Crippen MR) is 44.3 cm³/mol. The number of likely N-dealkylation sites (tertiary alicyclic amines) is 1. The minimum atomic E-state index is 0.386. The van der Waals surface area contributed by atoms with Crippen LogP contribution in [-0.4, -0.2) is 36.2 Å². The Kier molecular flexibility index (Phi) is 1.90. The second kappa shape index (κ2) is 2.76. The minimum absolute atomic E-state index is 0.386. The van der Waals surface area contributed by atoms with E-state index in [2.05, 4.69) is 11.8 Å². The van der Waals surface area contributed by atoms with Crippen molar-refractivity contribution >= 4 is 0 Å². The predicted octanol–water partition coefficient (Wildman–Crippen LogP) is 0.567. The summed E-state index contributed by atoms with van der Waals surface area (Å²) < 4.78 is 0. The van der Waals surface area contributed by atoms with E-state index in [0.29, 0.717) is 12.5 Å². The molecule has 2 aliphatic rings. The van der Waals surface area contributed by atoms with Crippen molar-refractivity contribution in [3.8, 4) is 0 Å². The highest BCUT2D eigenvalue weighted by Crippen LogP contribution is 2.39. The molecule has 0 bridgehead atoms. The second-order valence-electron chi connectivity index (χ2n) is 4.24. The Bertz CT molecular complexity index is 142. The molecule has 0 radical (unpaired) electrons. The van der Waals surface area contributed by atoms with E-state index in [1.54, 1.807) is 0 Å². The summed E-state index contributed by atoms with van der Waals surface area (Å²) in [5, 5.41) is 8.78. The maximum Gasteiger partial charge on any atom is 0.0483 e. The molecule has 2 unspecified atom stereocenters. The summed E-state index contributed by atoms with van der Waals surface area (Å²) >= 11 is 0. The molecular formula is C9H17NO. The zero-order chi connectivity index (χ0) is 7.84. The number of hydrogen-bond donors (Lipinski definition) is 1. The van der Waals surface area contributed by atoms with Gasteiger partial charge in [-0.05, 0) is 18.3 Å². The zero-order valence-electron chi connectivity index (χ0n) is 7.16. The molecule has 0 amide bonds. The van der Waals surface area contributed by atoms with E-state index in [1.807, 2.05) is 0 Å². The molecule has 1 aliphatic heterocycles. The van der Waals surface area contributed by atoms with Crippen molar-refractivity contribution in [3.63, 3.8) is 0 Å². The highest BCUT2D eigenvalue weighted by Gasteiger charge is 2.37. The molecule has 0 aromatic rings. The van der Waals surface area contributed by atoms with Gasteiger partial charge in [-0.2, -0.15) is 0 Å². The van der Waals surface area contributed by atoms with E-state index < -0.39 is 0 Å². The third-order valence-electron chi connectivity index (χ3n) is 3.06. The lowest BCUT2D eigenvalue weighted by Gasteiger charge is -2.38. The monoisotopic (exact) mass is 155 g/mol. The summed E-state index contributed by atoms with van der Waals surface area (Å²) in [5.41, 5.74) is 0. The summed E-state index contributed by atoms with van der Waals surface area (Å²) in [6.45, 7) is 6.28. The molecule has 2 nitrogen and oxygen atoms in total. The first-order valence-corrected chi connectivity index (χ1v) is 4.63. The fourth-order valence-corrected chi connectivity index (χ4v) is 1.93. The van der Waals surface area contributed by atoms with E-state index in [9.17, 15) is 0 Å². The van der Waals surface area contributed by atoms with Gasteiger partial charge in [-0.25, -0.2) is 0 Å². The van der Waals surface area contributed by atoms with Crippen LogP contribution in [0.25, 0.3) is 0 Å². The quantitative estimate of drug-likeness (QED) is 0.644. The first-order valence-electron chi connectivity index (χ1n) is 4.63. The smallest absolute Gasteiger partial charge is 0.0483 e. The number of aliphatic hydroxyl groups is 1. The van der Waals surface area contributed by atoms with Crippen molar-refractivity contribution < 1.29 is 5.11 Å². The van der Waals surface area contributed by atoms with Gasteiger partial charge < -0.3 is 10.0 Å². The second-order valence-corrected chi connectivity index (χ2v) is 4.24. The first kappa shape index (κ1) is 7.56. The van der Waals surface area contributed by atoms with Crippen LogP contribution in [0.4, 0.5) is 0 Å². The zero-order valence-corrected chi connectivity index (χ0v) is 7.16. The Hall–Kier alpha value is -0.0800. The van der Waals surface area contributed by atoms with Crippen molar-refractivity contribution in [1.29, 1.82) is 0 Å². The van der Waals surface area contributed by atoms with Crippen LogP contribution >= 0.6 is 0 Å². The van der Waals surface area contributed by atoms with E-state index in [1.165, 1.54) is 13.0 Å². The molecule has 0 spiro atoms. The maximum absolute atomic E-state index is 8.78. The van der Waals surface area contributed by atoms with Crippen LogP contribution < -0.4 is 0 Å². The van der Waals surface area contributed by atoms with Crippen molar-refractivity contribution in [2.75, 3.05) is 26.2 Å². The lowest BCUT2D eigenvalue weighted by atomic mass is 10.0. The molecule has 2 atom stereocenters. The number of rotatable bonds is 3. The van der Waals surface area contributed by atoms with Gasteiger partial charge in [0.15, 0.2) is 0 Å². The Morgan fingerprint density at radius 2 is 2.09 bits per heavy atom. The molecule has 2 fully saturated rings. The fraction of sp³-hybridized carbons (Fsp3) is 1.00. The minimum Gasteiger partial charge on any atom is -0.396 e. The lowest BCUT2D eigenvalue weighted by molar-refractivity contribution is 0.0495. The summed E-state index contributed by atoms with van der Waals surface area (Å²) in [6.07, 6.45) is 1.43. The molecule has 2 rings (SSSR count). The van der Waals surface area contributed by atoms with Crippen LogP contribution in [0.2, 0.25) is 0 Å². The Labute approximate surface area is 68.2 Å². The molecule has 1 saturated heterocycles. The van der Waals surface area contributed by atoms with Gasteiger partial charge in [0.1, 0.15) is 0 Å². The molecule has 1 heterocycles. The average molecular weight is 155 g/mol. The van der Waals surface area contributed by atoms with Crippen LogP contribution in [0.15, 0.2) is 0 Å². The topological polar surface area (TPSA) is 23.5 Å². The van der Waals surface area contributed by atoms with Crippen molar-refractivity contribution in [2.24, 2.45) is 17.8 Å². The number of hydrogen-bond acceptors (Lipinski definition) is 2. The molecule has 0 aromatic heterocycles. The van der Waals surface area contributed by atoms with E-state index in [-0.39, 0.29) is 0 Å². The highest BCUT2D eigenvalue weighted by atomic mass is 16.3. The third-order valence-corrected chi connectivity index (χ3v) is 3.06. The average Bonchev–Trinajstić information content (AvgIpc) is 2.56. The van der Waals surface area contributed by atoms with Gasteiger partial charge in [0.2, 0.25) is 0 Å². The van der Waals surface area contributed by atoms with Gasteiger partial charge in [-0.3, -0.25) is 0 Å². The lowest BCUT2D eigenvalue weighted by Crippen LogP contribution is -2.49. The van der Waals surface area contributed by atoms with Gasteiger partial charge in [0.25, 0.3) is 0 Å². The van der Waals surface area contributed by atoms with Crippen LogP contribution in [0.5, 0.6) is 0 Å². The Morgan fingerprint density at radius 3 is 2.55 bits per heavy atom. The SMILES string of the molecule is CC1CC1CN1CC(CO)C1. The number of aliphatic hydroxyl groups excluding tert-OH is 1. The Morgan fingerprint density at radius 1 is 1.45 bits per heavy atom. The molecular weight excluding hydrogens is 138 g/mol. The van der Waals surface area contributed by atoms with Crippen LogP contribution in [0.3, 0.4) is 0 Å². The van der Waals surface area contributed by atoms with Gasteiger partial charge in [0.05, 0.1) is 0 Å². The molecule has 11 heavy (non-hydrogen) atoms. The third kappa shape index (κ3) is 1.57. The van der Waals surface area contributed by atoms with E-state index in [0.717, 1.165) is 24.9 Å². The highest BCUT2D eigenvalue weighted by molar-refractivity contribution is 4.89. The normalized spacial score (nSPS) is 38.7. The van der Waals surface area contributed by atoms with Crippen LogP contribution in [-0.2, 0) is 0 Å². The summed E-state index contributed by atoms with van der Waals surface area (Å²) in [7, 11) is 0. The largest absolute Gasteiger partial charge is 0.396 e. The van der Waals surface area contributed by atoms with Crippen molar-refractivity contribution in [3.05, 3.63) is 0 Å². The summed E-state index contributed by atoms with van der Waals surface area (Å²) in [6, 6.07) is 0. The fourth-order valence-electron chi connectivity index (χ4n) is 1.93. The van der Waals surface area contributed by atoms with Crippen LogP contribution in [0, 0.1) is 17.8 Å². The van der Waals surface area contributed by atoms with E-state index >= 15 is 0 Å². The van der Waals surface area contributed by atoms with Crippen molar-refractivity contribution in [1.82, 2.24) is 4.90 Å². The maximum atomic E-state index is 8.78. The number of nitrogens with zero attached hydrogens (tertiary/aromatic N) is 1. The van der Waals surface area contributed by atoms with Gasteiger partial charge in [0, 0.05) is 32.2 Å². The van der Waals surface area contributed by atoms with Gasteiger partial charge in [-0.1, -0.05) is 6.92 Å². The molecule has 0 aromatic carbocycles. The van der Waals surface area contributed by atoms with Crippen molar-refractivity contribution in [2.45, 2.75) is 13.3 Å². The first-order chi connectivity index (χ1) is 5.29. The summed E-state index contributed by atoms with van der Waals surface area (Å²) in [4.78, 5) is 2.47. The van der Waals surface area contributed by atoms with E-state index in [4.69, 9.17) is 5.11 Å². The molecule has 1 aliphatic carbocycles. The van der Waals surface area contributed by atoms with Gasteiger partial charge in [-0.15, -0.1) is 0 Å². The molecule has 64 valence electrons. The van der Waals surface area contributed by atoms with Gasteiger partial charge >= 0.3 is 0 Å². The van der Waals surface area contributed by atoms with Crippen LogP contribution in [0.1, 0.15) is 13.3 Å². The Balaban J connectivity index is 1.60. The standard InChI is InChI=1S/C9H17NO/c1-7-2-9(7)5-10-3-8(4-10)6-11/h7-9,11H,2-6H2,1H3.